The minimum Gasteiger partial charge on any atom is -0.481 e. The van der Waals surface area contributed by atoms with Crippen molar-refractivity contribution in [2.75, 3.05) is 25.6 Å². The van der Waals surface area contributed by atoms with E-state index in [-0.39, 0.29) is 27.8 Å². The van der Waals surface area contributed by atoms with E-state index in [0.29, 0.717) is 11.6 Å². The summed E-state index contributed by atoms with van der Waals surface area (Å²) in [5.74, 6) is -4.14. The number of halogens is 2. The van der Waals surface area contributed by atoms with Crippen LogP contribution in [0.4, 0.5) is 13.8 Å². The Balaban J connectivity index is 2.20. The maximum absolute atomic E-state index is 13.6. The smallest absolute Gasteiger partial charge is 0.348 e. The molecular weight excluding hydrogens is 396 g/mol. The van der Waals surface area contributed by atoms with E-state index >= 15 is 0 Å². The van der Waals surface area contributed by atoms with Crippen LogP contribution in [0.1, 0.15) is 32.5 Å². The van der Waals surface area contributed by atoms with E-state index in [1.54, 1.807) is 6.92 Å². The molecule has 0 radical (unpaired) electrons. The summed E-state index contributed by atoms with van der Waals surface area (Å²) in [6, 6.07) is 2.66. The Morgan fingerprint density at radius 1 is 1.18 bits per heavy atom. The molecule has 150 valence electrons. The molecule has 10 heteroatoms. The number of esters is 2. The topological polar surface area (TPSA) is 90.9 Å². The molecule has 0 unspecified atom stereocenters. The number of thiophene rings is 1. The largest absolute Gasteiger partial charge is 0.481 e. The number of hydrogen-bond donors (Lipinski definition) is 1. The van der Waals surface area contributed by atoms with Crippen molar-refractivity contribution in [3.8, 4) is 5.75 Å². The van der Waals surface area contributed by atoms with Crippen molar-refractivity contribution in [3.05, 3.63) is 45.8 Å². The van der Waals surface area contributed by atoms with Crippen LogP contribution in [-0.4, -0.2) is 38.2 Å². The highest BCUT2D eigenvalue weighted by molar-refractivity contribution is 7.18. The van der Waals surface area contributed by atoms with Crippen LogP contribution in [0.15, 0.2) is 18.2 Å². The second-order valence-electron chi connectivity index (χ2n) is 5.38. The number of carbonyl (C=O) groups is 3. The van der Waals surface area contributed by atoms with Gasteiger partial charge in [0.2, 0.25) is 0 Å². The van der Waals surface area contributed by atoms with Gasteiger partial charge in [0.25, 0.3) is 5.91 Å². The summed E-state index contributed by atoms with van der Waals surface area (Å²) >= 11 is 0.842. The molecule has 0 atom stereocenters. The summed E-state index contributed by atoms with van der Waals surface area (Å²) in [7, 11) is 1.19. The van der Waals surface area contributed by atoms with Crippen LogP contribution in [0.5, 0.6) is 5.75 Å². The third kappa shape index (κ3) is 4.83. The Morgan fingerprint density at radius 3 is 2.50 bits per heavy atom. The molecule has 0 aliphatic heterocycles. The number of benzene rings is 1. The van der Waals surface area contributed by atoms with Gasteiger partial charge in [-0.2, -0.15) is 0 Å². The average molecular weight is 413 g/mol. The third-order valence-corrected chi connectivity index (χ3v) is 4.69. The zero-order valence-corrected chi connectivity index (χ0v) is 16.1. The van der Waals surface area contributed by atoms with E-state index in [0.717, 1.165) is 23.5 Å². The lowest BCUT2D eigenvalue weighted by molar-refractivity contribution is -0.118. The minimum absolute atomic E-state index is 0.0218. The summed E-state index contributed by atoms with van der Waals surface area (Å²) < 4.78 is 41.1. The Hall–Kier alpha value is -3.01. The van der Waals surface area contributed by atoms with E-state index in [4.69, 9.17) is 9.47 Å². The van der Waals surface area contributed by atoms with Crippen molar-refractivity contribution < 1.29 is 37.4 Å². The lowest BCUT2D eigenvalue weighted by Gasteiger charge is -2.09. The van der Waals surface area contributed by atoms with Crippen LogP contribution in [0, 0.1) is 18.6 Å². The van der Waals surface area contributed by atoms with Crippen LogP contribution in [-0.2, 0) is 14.3 Å². The fraction of sp³-hybridized carbons (Fsp3) is 0.278. The van der Waals surface area contributed by atoms with Gasteiger partial charge in [-0.3, -0.25) is 4.79 Å². The first kappa shape index (κ1) is 21.3. The van der Waals surface area contributed by atoms with Gasteiger partial charge in [0.05, 0.1) is 19.3 Å². The molecule has 1 heterocycles. The maximum atomic E-state index is 13.6. The second kappa shape index (κ2) is 9.27. The van der Waals surface area contributed by atoms with E-state index in [1.165, 1.54) is 14.0 Å². The Bertz CT molecular complexity index is 912. The molecule has 0 bridgehead atoms. The summed E-state index contributed by atoms with van der Waals surface area (Å²) in [4.78, 5) is 36.4. The van der Waals surface area contributed by atoms with Gasteiger partial charge in [0.1, 0.15) is 15.7 Å². The molecule has 0 saturated carbocycles. The van der Waals surface area contributed by atoms with Crippen LogP contribution >= 0.6 is 11.3 Å². The monoisotopic (exact) mass is 413 g/mol. The number of amides is 1. The van der Waals surface area contributed by atoms with E-state index in [9.17, 15) is 23.2 Å². The van der Waals surface area contributed by atoms with Crippen LogP contribution in [0.25, 0.3) is 0 Å². The molecule has 0 spiro atoms. The Labute approximate surface area is 163 Å². The van der Waals surface area contributed by atoms with Crippen molar-refractivity contribution in [1.82, 2.24) is 0 Å². The van der Waals surface area contributed by atoms with Gasteiger partial charge in [-0.05, 0) is 31.5 Å². The fourth-order valence-electron chi connectivity index (χ4n) is 2.24. The van der Waals surface area contributed by atoms with Gasteiger partial charge in [0, 0.05) is 6.07 Å². The highest BCUT2D eigenvalue weighted by Crippen LogP contribution is 2.34. The maximum Gasteiger partial charge on any atom is 0.348 e. The van der Waals surface area contributed by atoms with Gasteiger partial charge in [-0.15, -0.1) is 11.3 Å². The molecule has 2 rings (SSSR count). The van der Waals surface area contributed by atoms with Crippen LogP contribution in [0.3, 0.4) is 0 Å². The number of anilines is 1. The quantitative estimate of drug-likeness (QED) is 0.701. The summed E-state index contributed by atoms with van der Waals surface area (Å²) in [6.45, 7) is 2.64. The van der Waals surface area contributed by atoms with E-state index in [1.807, 2.05) is 0 Å². The first-order valence-electron chi connectivity index (χ1n) is 8.05. The van der Waals surface area contributed by atoms with Gasteiger partial charge < -0.3 is 19.5 Å². The minimum atomic E-state index is -0.958. The number of nitrogens with one attached hydrogen (secondary N) is 1. The summed E-state index contributed by atoms with van der Waals surface area (Å²) in [5, 5.41) is 2.51. The zero-order valence-electron chi connectivity index (χ0n) is 15.3. The van der Waals surface area contributed by atoms with Gasteiger partial charge in [-0.1, -0.05) is 0 Å². The van der Waals surface area contributed by atoms with Gasteiger partial charge >= 0.3 is 11.9 Å². The molecule has 0 aliphatic rings. The number of hydrogen-bond acceptors (Lipinski definition) is 7. The number of carbonyl (C=O) groups excluding carboxylic acids is 3. The molecule has 28 heavy (non-hydrogen) atoms. The molecular formula is C18H17F2NO6S. The third-order valence-electron chi connectivity index (χ3n) is 3.50. The predicted molar refractivity (Wildman–Crippen MR) is 96.8 cm³/mol. The molecule has 0 aliphatic carbocycles. The first-order valence-corrected chi connectivity index (χ1v) is 8.86. The first-order chi connectivity index (χ1) is 13.3. The molecule has 1 aromatic carbocycles. The molecule has 0 fully saturated rings. The van der Waals surface area contributed by atoms with E-state index < -0.39 is 36.1 Å². The molecule has 2 aromatic rings. The van der Waals surface area contributed by atoms with Crippen molar-refractivity contribution in [3.63, 3.8) is 0 Å². The van der Waals surface area contributed by atoms with Crippen molar-refractivity contribution in [2.24, 2.45) is 0 Å². The summed E-state index contributed by atoms with van der Waals surface area (Å²) in [5.41, 5.74) is 0.324. The highest BCUT2D eigenvalue weighted by Gasteiger charge is 2.27. The van der Waals surface area contributed by atoms with Gasteiger partial charge in [0.15, 0.2) is 18.2 Å². The highest BCUT2D eigenvalue weighted by atomic mass is 32.1. The zero-order chi connectivity index (χ0) is 20.8. The SMILES string of the molecule is CCOC(=O)c1c(NC(=O)COc2ccc(F)cc2F)sc(C(=O)OC)c1C. The standard InChI is InChI=1S/C18H17F2NO6S/c1-4-26-17(23)14-9(2)15(18(24)25-3)28-16(14)21-13(22)8-27-12-6-5-10(19)7-11(12)20/h5-7H,4,8H2,1-3H3,(H,21,22). The van der Waals surface area contributed by atoms with Gasteiger partial charge in [-0.25, -0.2) is 18.4 Å². The fourth-order valence-corrected chi connectivity index (χ4v) is 3.37. The van der Waals surface area contributed by atoms with E-state index in [2.05, 4.69) is 10.1 Å². The average Bonchev–Trinajstić information content (AvgIpc) is 2.96. The summed E-state index contributed by atoms with van der Waals surface area (Å²) in [6.07, 6.45) is 0. The molecule has 1 aromatic heterocycles. The number of methoxy groups -OCH3 is 1. The van der Waals surface area contributed by atoms with Crippen LogP contribution < -0.4 is 10.1 Å². The molecule has 1 N–H and O–H groups in total. The molecule has 1 amide bonds. The molecule has 7 nitrogen and oxygen atoms in total. The Kier molecular flexibility index (Phi) is 7.05. The Morgan fingerprint density at radius 2 is 1.89 bits per heavy atom. The lowest BCUT2D eigenvalue weighted by Crippen LogP contribution is -2.21. The predicted octanol–water partition coefficient (Wildman–Crippen LogP) is 3.32. The lowest BCUT2D eigenvalue weighted by atomic mass is 10.1. The van der Waals surface area contributed by atoms with Crippen molar-refractivity contribution in [2.45, 2.75) is 13.8 Å². The second-order valence-corrected chi connectivity index (χ2v) is 6.40. The van der Waals surface area contributed by atoms with Crippen LogP contribution in [0.2, 0.25) is 0 Å². The van der Waals surface area contributed by atoms with Crippen molar-refractivity contribution in [1.29, 1.82) is 0 Å². The normalized spacial score (nSPS) is 10.3. The number of ether oxygens (including phenoxy) is 3. The number of rotatable bonds is 7. The molecule has 0 saturated heterocycles. The van der Waals surface area contributed by atoms with Crippen molar-refractivity contribution >= 4 is 34.2 Å².